The summed E-state index contributed by atoms with van der Waals surface area (Å²) in [4.78, 5) is 20.4. The van der Waals surface area contributed by atoms with E-state index < -0.39 is 11.9 Å². The fourth-order valence-corrected chi connectivity index (χ4v) is 1.53. The highest BCUT2D eigenvalue weighted by atomic mass is 16.5. The Kier molecular flexibility index (Phi) is 9.61. The van der Waals surface area contributed by atoms with Crippen molar-refractivity contribution >= 4 is 11.9 Å². The van der Waals surface area contributed by atoms with Gasteiger partial charge in [0.2, 0.25) is 0 Å². The topological polar surface area (TPSA) is 87.1 Å². The van der Waals surface area contributed by atoms with Crippen LogP contribution < -0.4 is 4.74 Å². The number of carboxylic acid groups (broad SMARTS) is 2. The quantitative estimate of drug-likeness (QED) is 0.619. The van der Waals surface area contributed by atoms with Crippen molar-refractivity contribution in [3.8, 4) is 5.75 Å². The monoisotopic (exact) mass is 311 g/mol. The van der Waals surface area contributed by atoms with Crippen molar-refractivity contribution in [3.63, 3.8) is 0 Å². The summed E-state index contributed by atoms with van der Waals surface area (Å²) in [6.45, 7) is 6.26. The van der Waals surface area contributed by atoms with Crippen molar-refractivity contribution in [2.24, 2.45) is 0 Å². The lowest BCUT2D eigenvalue weighted by atomic mass is 10.0. The van der Waals surface area contributed by atoms with Gasteiger partial charge >= 0.3 is 11.9 Å². The van der Waals surface area contributed by atoms with E-state index in [9.17, 15) is 0 Å². The largest absolute Gasteiger partial charge is 0.494 e. The lowest BCUT2D eigenvalue weighted by Crippen LogP contribution is -2.15. The van der Waals surface area contributed by atoms with Crippen molar-refractivity contribution in [1.82, 2.24) is 4.90 Å². The van der Waals surface area contributed by atoms with Crippen LogP contribution in [0.15, 0.2) is 24.3 Å². The number of rotatable bonds is 6. The summed E-state index contributed by atoms with van der Waals surface area (Å²) < 4.78 is 5.72. The van der Waals surface area contributed by atoms with Gasteiger partial charge in [0.05, 0.1) is 6.61 Å². The van der Waals surface area contributed by atoms with Gasteiger partial charge in [0, 0.05) is 6.54 Å². The molecule has 0 saturated heterocycles. The molecule has 0 radical (unpaired) electrons. The Morgan fingerprint density at radius 2 is 1.77 bits per heavy atom. The minimum atomic E-state index is -1.82. The summed E-state index contributed by atoms with van der Waals surface area (Å²) in [5, 5.41) is 14.8. The Morgan fingerprint density at radius 1 is 1.18 bits per heavy atom. The number of ether oxygens (including phenoxy) is 1. The zero-order chi connectivity index (χ0) is 17.1. The molecule has 0 spiro atoms. The molecule has 1 aromatic rings. The van der Waals surface area contributed by atoms with Gasteiger partial charge in [-0.3, -0.25) is 0 Å². The van der Waals surface area contributed by atoms with Gasteiger partial charge in [-0.1, -0.05) is 26.0 Å². The van der Waals surface area contributed by atoms with E-state index in [0.29, 0.717) is 5.92 Å². The van der Waals surface area contributed by atoms with Crippen molar-refractivity contribution in [2.45, 2.75) is 26.2 Å². The minimum Gasteiger partial charge on any atom is -0.494 e. The molecule has 1 rings (SSSR count). The average molecular weight is 311 g/mol. The Balaban J connectivity index is 0.000000626. The summed E-state index contributed by atoms with van der Waals surface area (Å²) in [6.07, 6.45) is 1.07. The maximum atomic E-state index is 9.10. The van der Waals surface area contributed by atoms with E-state index in [4.69, 9.17) is 24.5 Å². The third-order valence-electron chi connectivity index (χ3n) is 2.73. The van der Waals surface area contributed by atoms with E-state index in [1.165, 1.54) is 5.56 Å². The van der Waals surface area contributed by atoms with Gasteiger partial charge in [-0.15, -0.1) is 0 Å². The molecule has 6 heteroatoms. The maximum Gasteiger partial charge on any atom is 0.414 e. The third kappa shape index (κ3) is 9.77. The lowest BCUT2D eigenvalue weighted by Gasteiger charge is -2.12. The number of aliphatic carboxylic acids is 2. The predicted molar refractivity (Wildman–Crippen MR) is 84.5 cm³/mol. The van der Waals surface area contributed by atoms with Crippen LogP contribution in [0, 0.1) is 0 Å². The van der Waals surface area contributed by atoms with Crippen molar-refractivity contribution in [2.75, 3.05) is 27.2 Å². The normalized spacial score (nSPS) is 10.1. The molecule has 0 aliphatic carbocycles. The van der Waals surface area contributed by atoms with Gasteiger partial charge in [0.25, 0.3) is 0 Å². The van der Waals surface area contributed by atoms with Crippen LogP contribution in [0.1, 0.15) is 31.7 Å². The Morgan fingerprint density at radius 3 is 2.23 bits per heavy atom. The van der Waals surface area contributed by atoms with E-state index in [1.807, 2.05) is 6.07 Å². The van der Waals surface area contributed by atoms with Crippen molar-refractivity contribution in [3.05, 3.63) is 29.8 Å². The molecule has 0 amide bonds. The fourth-order valence-electron chi connectivity index (χ4n) is 1.53. The molecule has 0 bridgehead atoms. The minimum absolute atomic E-state index is 0.560. The first-order valence-corrected chi connectivity index (χ1v) is 7.07. The Bertz CT molecular complexity index is 459. The average Bonchev–Trinajstić information content (AvgIpc) is 2.44. The van der Waals surface area contributed by atoms with Gasteiger partial charge < -0.3 is 19.8 Å². The summed E-state index contributed by atoms with van der Waals surface area (Å²) >= 11 is 0. The molecule has 1 aromatic carbocycles. The molecule has 0 aliphatic heterocycles. The predicted octanol–water partition coefficient (Wildman–Crippen LogP) is 2.30. The number of carbonyl (C=O) groups is 2. The molecule has 0 aliphatic rings. The van der Waals surface area contributed by atoms with Crippen LogP contribution >= 0.6 is 0 Å². The van der Waals surface area contributed by atoms with E-state index in [2.05, 4.69) is 51.0 Å². The maximum absolute atomic E-state index is 9.10. The Hall–Kier alpha value is -2.08. The first kappa shape index (κ1) is 19.9. The smallest absolute Gasteiger partial charge is 0.414 e. The first-order valence-electron chi connectivity index (χ1n) is 7.07. The zero-order valence-corrected chi connectivity index (χ0v) is 13.6. The summed E-state index contributed by atoms with van der Waals surface area (Å²) in [5.74, 6) is -2.10. The summed E-state index contributed by atoms with van der Waals surface area (Å²) in [7, 11) is 4.17. The van der Waals surface area contributed by atoms with Crippen LogP contribution in [0.25, 0.3) is 0 Å². The molecule has 124 valence electrons. The second-order valence-corrected chi connectivity index (χ2v) is 5.34. The number of carboxylic acids is 2. The van der Waals surface area contributed by atoms with Crippen LogP contribution in [0.3, 0.4) is 0 Å². The van der Waals surface area contributed by atoms with Crippen LogP contribution in [0.4, 0.5) is 0 Å². The third-order valence-corrected chi connectivity index (χ3v) is 2.73. The summed E-state index contributed by atoms with van der Waals surface area (Å²) in [5.41, 5.74) is 1.34. The Labute approximate surface area is 131 Å². The van der Waals surface area contributed by atoms with Crippen molar-refractivity contribution < 1.29 is 24.5 Å². The highest BCUT2D eigenvalue weighted by Crippen LogP contribution is 2.20. The SMILES string of the molecule is CC(C)c1cccc(OCCCN(C)C)c1.O=C(O)C(=O)O. The van der Waals surface area contributed by atoms with Crippen LogP contribution in [0.5, 0.6) is 5.75 Å². The van der Waals surface area contributed by atoms with E-state index in [0.717, 1.165) is 25.3 Å². The number of nitrogens with zero attached hydrogens (tertiary/aromatic N) is 1. The van der Waals surface area contributed by atoms with Crippen LogP contribution in [-0.2, 0) is 9.59 Å². The van der Waals surface area contributed by atoms with E-state index in [1.54, 1.807) is 0 Å². The fraction of sp³-hybridized carbons (Fsp3) is 0.500. The molecule has 6 nitrogen and oxygen atoms in total. The van der Waals surface area contributed by atoms with Gasteiger partial charge in [0.15, 0.2) is 0 Å². The zero-order valence-electron chi connectivity index (χ0n) is 13.6. The molecule has 0 fully saturated rings. The molecule has 0 saturated carbocycles. The van der Waals surface area contributed by atoms with Crippen LogP contribution in [0.2, 0.25) is 0 Å². The molecule has 2 N–H and O–H groups in total. The molecule has 0 aromatic heterocycles. The van der Waals surface area contributed by atoms with Crippen LogP contribution in [-0.4, -0.2) is 54.3 Å². The number of hydrogen-bond donors (Lipinski definition) is 2. The van der Waals surface area contributed by atoms with Gasteiger partial charge in [-0.05, 0) is 44.1 Å². The number of benzene rings is 1. The van der Waals surface area contributed by atoms with Gasteiger partial charge in [0.1, 0.15) is 5.75 Å². The van der Waals surface area contributed by atoms with E-state index in [-0.39, 0.29) is 0 Å². The van der Waals surface area contributed by atoms with E-state index >= 15 is 0 Å². The molecule has 0 atom stereocenters. The molecule has 0 unspecified atom stereocenters. The second-order valence-electron chi connectivity index (χ2n) is 5.34. The number of hydrogen-bond acceptors (Lipinski definition) is 4. The first-order chi connectivity index (χ1) is 10.2. The molecule has 0 heterocycles. The molecule has 22 heavy (non-hydrogen) atoms. The van der Waals surface area contributed by atoms with Gasteiger partial charge in [-0.25, -0.2) is 9.59 Å². The highest BCUT2D eigenvalue weighted by Gasteiger charge is 2.04. The van der Waals surface area contributed by atoms with Gasteiger partial charge in [-0.2, -0.15) is 0 Å². The lowest BCUT2D eigenvalue weighted by molar-refractivity contribution is -0.159. The second kappa shape index (κ2) is 10.6. The summed E-state index contributed by atoms with van der Waals surface area (Å²) in [6, 6.07) is 8.38. The standard InChI is InChI=1S/C14H23NO.C2H2O4/c1-12(2)13-7-5-8-14(11-13)16-10-6-9-15(3)4;3-1(4)2(5)6/h5,7-8,11-12H,6,9-10H2,1-4H3;(H,3,4)(H,5,6). The molecular weight excluding hydrogens is 286 g/mol. The molecular formula is C16H25NO5. The van der Waals surface area contributed by atoms with Crippen molar-refractivity contribution in [1.29, 1.82) is 0 Å². The highest BCUT2D eigenvalue weighted by molar-refractivity contribution is 6.27.